The maximum atomic E-state index is 11.6. The van der Waals surface area contributed by atoms with Gasteiger partial charge < -0.3 is 11.1 Å². The molecule has 4 N–H and O–H groups in total. The molecule has 0 aromatic carbocycles. The number of anilines is 2. The Kier molecular flexibility index (Phi) is 2.64. The zero-order valence-electron chi connectivity index (χ0n) is 9.37. The first-order chi connectivity index (χ1) is 7.56. The molecule has 0 atom stereocenters. The minimum atomic E-state index is -0.295. The van der Waals surface area contributed by atoms with Gasteiger partial charge in [0.25, 0.3) is 5.56 Å². The fraction of sp³-hybridized carbons (Fsp3) is 0.500. The number of nitrogens with zero attached hydrogens (tertiary/aromatic N) is 2. The number of nitrogen functional groups attached to an aromatic ring is 1. The van der Waals surface area contributed by atoms with Gasteiger partial charge >= 0.3 is 0 Å². The van der Waals surface area contributed by atoms with Crippen LogP contribution in [0.5, 0.6) is 0 Å². The van der Waals surface area contributed by atoms with Crippen molar-refractivity contribution in [2.45, 2.75) is 20.3 Å². The van der Waals surface area contributed by atoms with Crippen LogP contribution in [0.15, 0.2) is 9.79 Å². The highest BCUT2D eigenvalue weighted by Gasteiger charge is 2.16. The Hall–Kier alpha value is -1.85. The summed E-state index contributed by atoms with van der Waals surface area (Å²) in [5.41, 5.74) is 6.45. The summed E-state index contributed by atoms with van der Waals surface area (Å²) in [4.78, 5) is 22.3. The first kappa shape index (κ1) is 10.7. The van der Waals surface area contributed by atoms with Crippen molar-refractivity contribution in [1.82, 2.24) is 9.97 Å². The van der Waals surface area contributed by atoms with Crippen molar-refractivity contribution in [3.8, 4) is 0 Å². The summed E-state index contributed by atoms with van der Waals surface area (Å²) in [6.07, 6.45) is 0.871. The molecule has 0 aliphatic carbocycles. The minimum Gasteiger partial charge on any atom is -0.369 e. The van der Waals surface area contributed by atoms with Gasteiger partial charge in [0, 0.05) is 5.71 Å². The van der Waals surface area contributed by atoms with E-state index in [-0.39, 0.29) is 11.5 Å². The highest BCUT2D eigenvalue weighted by atomic mass is 16.1. The lowest BCUT2D eigenvalue weighted by Gasteiger charge is -2.17. The van der Waals surface area contributed by atoms with E-state index in [1.807, 2.05) is 0 Å². The van der Waals surface area contributed by atoms with Gasteiger partial charge in [-0.3, -0.25) is 9.78 Å². The van der Waals surface area contributed by atoms with Crippen LogP contribution < -0.4 is 16.6 Å². The summed E-state index contributed by atoms with van der Waals surface area (Å²) in [6.45, 7) is 4.86. The molecule has 2 rings (SSSR count). The van der Waals surface area contributed by atoms with Gasteiger partial charge in [0.05, 0.1) is 6.54 Å². The summed E-state index contributed by atoms with van der Waals surface area (Å²) in [5, 5.41) is 3.06. The molecule has 0 unspecified atom stereocenters. The molecular formula is C10H15N5O. The number of aromatic nitrogens is 2. The molecule has 1 aliphatic heterocycles. The number of aromatic amines is 1. The largest absolute Gasteiger partial charge is 0.369 e. The number of fused-ring (bicyclic) bond motifs is 1. The maximum absolute atomic E-state index is 11.6. The topological polar surface area (TPSA) is 96.2 Å². The Morgan fingerprint density at radius 1 is 1.50 bits per heavy atom. The fourth-order valence-corrected chi connectivity index (χ4v) is 1.68. The summed E-state index contributed by atoms with van der Waals surface area (Å²) in [6, 6.07) is 0. The molecule has 6 nitrogen and oxygen atoms in total. The average molecular weight is 221 g/mol. The van der Waals surface area contributed by atoms with Crippen LogP contribution in [0.25, 0.3) is 0 Å². The van der Waals surface area contributed by atoms with Gasteiger partial charge in [-0.05, 0) is 12.3 Å². The Bertz CT molecular complexity index is 488. The molecular weight excluding hydrogens is 206 g/mol. The van der Waals surface area contributed by atoms with Gasteiger partial charge in [0.2, 0.25) is 5.95 Å². The summed E-state index contributed by atoms with van der Waals surface area (Å²) >= 11 is 0. The molecule has 0 bridgehead atoms. The molecule has 1 aromatic rings. The molecule has 0 radical (unpaired) electrons. The highest BCUT2D eigenvalue weighted by molar-refractivity contribution is 5.94. The van der Waals surface area contributed by atoms with Crippen LogP contribution >= 0.6 is 0 Å². The number of rotatable bonds is 2. The van der Waals surface area contributed by atoms with E-state index in [1.54, 1.807) is 0 Å². The molecule has 1 aliphatic rings. The lowest BCUT2D eigenvalue weighted by Crippen LogP contribution is -2.24. The maximum Gasteiger partial charge on any atom is 0.280 e. The number of nitrogens with two attached hydrogens (primary N) is 1. The molecule has 1 aromatic heterocycles. The molecule has 6 heteroatoms. The van der Waals surface area contributed by atoms with Crippen molar-refractivity contribution in [2.75, 3.05) is 17.6 Å². The summed E-state index contributed by atoms with van der Waals surface area (Å²) in [5.74, 6) is 1.09. The molecule has 86 valence electrons. The molecule has 2 heterocycles. The minimum absolute atomic E-state index is 0.110. The van der Waals surface area contributed by atoms with E-state index in [0.29, 0.717) is 24.0 Å². The van der Waals surface area contributed by atoms with Gasteiger partial charge in [-0.15, -0.1) is 0 Å². The van der Waals surface area contributed by atoms with E-state index in [1.165, 1.54) is 0 Å². The van der Waals surface area contributed by atoms with E-state index in [0.717, 1.165) is 12.1 Å². The van der Waals surface area contributed by atoms with E-state index >= 15 is 0 Å². The number of hydrogen-bond donors (Lipinski definition) is 3. The van der Waals surface area contributed by atoms with Gasteiger partial charge in [-0.2, -0.15) is 4.98 Å². The standard InChI is InChI=1S/C10H15N5O/c1-5(2)3-6-4-12-8-7(13-6)9(16)15-10(11)14-8/h5H,3-4H2,1-2H3,(H4,11,12,14,15,16). The molecule has 0 spiro atoms. The van der Waals surface area contributed by atoms with Crippen molar-refractivity contribution in [1.29, 1.82) is 0 Å². The van der Waals surface area contributed by atoms with Crippen LogP contribution in [0.3, 0.4) is 0 Å². The Balaban J connectivity index is 2.40. The lowest BCUT2D eigenvalue weighted by atomic mass is 10.1. The summed E-state index contributed by atoms with van der Waals surface area (Å²) in [7, 11) is 0. The van der Waals surface area contributed by atoms with Crippen molar-refractivity contribution in [3.63, 3.8) is 0 Å². The van der Waals surface area contributed by atoms with Crippen molar-refractivity contribution in [3.05, 3.63) is 10.4 Å². The third-order valence-electron chi connectivity index (χ3n) is 2.29. The number of aliphatic imine (C=N–C) groups is 1. The van der Waals surface area contributed by atoms with Crippen LogP contribution in [-0.4, -0.2) is 22.2 Å². The second kappa shape index (κ2) is 3.96. The van der Waals surface area contributed by atoms with Crippen molar-refractivity contribution >= 4 is 23.2 Å². The number of nitrogens with one attached hydrogen (secondary N) is 2. The smallest absolute Gasteiger partial charge is 0.280 e. The zero-order chi connectivity index (χ0) is 11.7. The third-order valence-corrected chi connectivity index (χ3v) is 2.29. The van der Waals surface area contributed by atoms with Gasteiger partial charge in [0.1, 0.15) is 0 Å². The van der Waals surface area contributed by atoms with E-state index in [4.69, 9.17) is 5.73 Å². The second-order valence-corrected chi connectivity index (χ2v) is 4.28. The third kappa shape index (κ3) is 2.05. The molecule has 16 heavy (non-hydrogen) atoms. The summed E-state index contributed by atoms with van der Waals surface area (Å²) < 4.78 is 0. The van der Waals surface area contributed by atoms with Crippen LogP contribution in [-0.2, 0) is 0 Å². The predicted molar refractivity (Wildman–Crippen MR) is 64.3 cm³/mol. The molecule has 0 fully saturated rings. The van der Waals surface area contributed by atoms with Gasteiger partial charge in [0.15, 0.2) is 11.5 Å². The quantitative estimate of drug-likeness (QED) is 0.691. The Morgan fingerprint density at radius 2 is 2.25 bits per heavy atom. The number of H-pyrrole nitrogens is 1. The van der Waals surface area contributed by atoms with Crippen molar-refractivity contribution in [2.24, 2.45) is 10.9 Å². The Morgan fingerprint density at radius 3 is 2.94 bits per heavy atom. The first-order valence-corrected chi connectivity index (χ1v) is 5.26. The second-order valence-electron chi connectivity index (χ2n) is 4.28. The van der Waals surface area contributed by atoms with Crippen molar-refractivity contribution < 1.29 is 0 Å². The zero-order valence-corrected chi connectivity index (χ0v) is 9.37. The van der Waals surface area contributed by atoms with E-state index in [2.05, 4.69) is 34.1 Å². The number of hydrogen-bond acceptors (Lipinski definition) is 5. The molecule has 0 amide bonds. The van der Waals surface area contributed by atoms with Crippen LogP contribution in [0.2, 0.25) is 0 Å². The fourth-order valence-electron chi connectivity index (χ4n) is 1.68. The normalized spacial score (nSPS) is 14.3. The molecule has 0 saturated heterocycles. The van der Waals surface area contributed by atoms with E-state index < -0.39 is 0 Å². The molecule has 0 saturated carbocycles. The van der Waals surface area contributed by atoms with Crippen LogP contribution in [0.4, 0.5) is 17.5 Å². The lowest BCUT2D eigenvalue weighted by molar-refractivity contribution is 0.680. The predicted octanol–water partition coefficient (Wildman–Crippen LogP) is 0.896. The monoisotopic (exact) mass is 221 g/mol. The van der Waals surface area contributed by atoms with Crippen LogP contribution in [0, 0.1) is 5.92 Å². The highest BCUT2D eigenvalue weighted by Crippen LogP contribution is 2.22. The van der Waals surface area contributed by atoms with E-state index in [9.17, 15) is 4.79 Å². The van der Waals surface area contributed by atoms with Gasteiger partial charge in [-0.1, -0.05) is 13.8 Å². The van der Waals surface area contributed by atoms with Crippen LogP contribution in [0.1, 0.15) is 20.3 Å². The Labute approximate surface area is 93.0 Å². The first-order valence-electron chi connectivity index (χ1n) is 5.26. The SMILES string of the molecule is CC(C)CC1=Nc2c(nc(N)[nH]c2=O)NC1. The average Bonchev–Trinajstić information content (AvgIpc) is 2.18. The van der Waals surface area contributed by atoms with Gasteiger partial charge in [-0.25, -0.2) is 4.99 Å².